The van der Waals surface area contributed by atoms with E-state index in [1.165, 1.54) is 0 Å². The van der Waals surface area contributed by atoms with Crippen molar-refractivity contribution in [3.8, 4) is 0 Å². The van der Waals surface area contributed by atoms with E-state index < -0.39 is 0 Å². The first-order chi connectivity index (χ1) is 6.33. The predicted octanol–water partition coefficient (Wildman–Crippen LogP) is -0.472. The quantitative estimate of drug-likeness (QED) is 0.647. The van der Waals surface area contributed by atoms with Crippen molar-refractivity contribution in [1.82, 2.24) is 20.3 Å². The maximum atomic E-state index is 6.07. The summed E-state index contributed by atoms with van der Waals surface area (Å²) in [6, 6.07) is 0.813. The molecule has 0 radical (unpaired) electrons. The Kier molecular flexibility index (Phi) is 2.28. The van der Waals surface area contributed by atoms with Gasteiger partial charge in [0.25, 0.3) is 0 Å². The topological polar surface area (TPSA) is 68.8 Å². The lowest BCUT2D eigenvalue weighted by atomic mass is 10.1. The molecule has 1 aromatic heterocycles. The minimum atomic E-state index is 0.145. The molecular formula is C8H15N5. The highest BCUT2D eigenvalue weighted by molar-refractivity contribution is 4.96. The van der Waals surface area contributed by atoms with Gasteiger partial charge in [0, 0.05) is 24.8 Å². The van der Waals surface area contributed by atoms with Crippen LogP contribution in [0.25, 0.3) is 0 Å². The lowest BCUT2D eigenvalue weighted by Crippen LogP contribution is -2.39. The highest BCUT2D eigenvalue weighted by atomic mass is 15.4. The Labute approximate surface area is 77.3 Å². The maximum absolute atomic E-state index is 6.07. The molecule has 0 aromatic carbocycles. The molecule has 0 aliphatic carbocycles. The molecule has 1 fully saturated rings. The summed E-state index contributed by atoms with van der Waals surface area (Å²) in [6.07, 6.45) is 4.61. The third-order valence-corrected chi connectivity index (χ3v) is 2.72. The molecule has 1 aromatic rings. The van der Waals surface area contributed by atoms with Gasteiger partial charge >= 0.3 is 0 Å². The standard InChI is InChI=1S/C8H15N5/c1-2-6-8(9)7(5-10-6)13-4-3-11-12-13/h3-4,6-8,10H,2,5,9H2,1H3. The largest absolute Gasteiger partial charge is 0.325 e. The van der Waals surface area contributed by atoms with Crippen LogP contribution in [0.4, 0.5) is 0 Å². The zero-order valence-corrected chi connectivity index (χ0v) is 7.72. The highest BCUT2D eigenvalue weighted by Crippen LogP contribution is 2.18. The van der Waals surface area contributed by atoms with Gasteiger partial charge in [-0.15, -0.1) is 5.10 Å². The average Bonchev–Trinajstić information content (AvgIpc) is 2.72. The summed E-state index contributed by atoms with van der Waals surface area (Å²) in [5.74, 6) is 0. The number of aromatic nitrogens is 3. The van der Waals surface area contributed by atoms with Crippen molar-refractivity contribution < 1.29 is 0 Å². The summed E-state index contributed by atoms with van der Waals surface area (Å²) in [6.45, 7) is 3.03. The molecule has 2 rings (SSSR count). The van der Waals surface area contributed by atoms with Crippen LogP contribution in [0.2, 0.25) is 0 Å². The van der Waals surface area contributed by atoms with E-state index in [-0.39, 0.29) is 12.1 Å². The molecule has 0 spiro atoms. The number of nitrogens with zero attached hydrogens (tertiary/aromatic N) is 3. The van der Waals surface area contributed by atoms with Crippen LogP contribution in [0.1, 0.15) is 19.4 Å². The molecule has 2 heterocycles. The van der Waals surface area contributed by atoms with Crippen LogP contribution in [-0.2, 0) is 0 Å². The molecule has 5 nitrogen and oxygen atoms in total. The van der Waals surface area contributed by atoms with E-state index in [9.17, 15) is 0 Å². The number of rotatable bonds is 2. The van der Waals surface area contributed by atoms with E-state index in [0.717, 1.165) is 13.0 Å². The molecule has 72 valence electrons. The molecule has 0 saturated carbocycles. The van der Waals surface area contributed by atoms with Crippen molar-refractivity contribution in [2.24, 2.45) is 5.73 Å². The van der Waals surface area contributed by atoms with Gasteiger partial charge in [0.15, 0.2) is 0 Å². The Bertz CT molecular complexity index is 258. The van der Waals surface area contributed by atoms with Crippen molar-refractivity contribution in [3.63, 3.8) is 0 Å². The second-order valence-corrected chi connectivity index (χ2v) is 3.45. The third kappa shape index (κ3) is 1.45. The summed E-state index contributed by atoms with van der Waals surface area (Å²) in [7, 11) is 0. The van der Waals surface area contributed by atoms with Gasteiger partial charge in [-0.05, 0) is 6.42 Å². The second-order valence-electron chi connectivity index (χ2n) is 3.45. The van der Waals surface area contributed by atoms with E-state index in [2.05, 4.69) is 22.6 Å². The minimum absolute atomic E-state index is 0.145. The van der Waals surface area contributed by atoms with Crippen molar-refractivity contribution in [3.05, 3.63) is 12.4 Å². The number of nitrogens with one attached hydrogen (secondary N) is 1. The first-order valence-corrected chi connectivity index (χ1v) is 4.67. The molecule has 0 bridgehead atoms. The van der Waals surface area contributed by atoms with Gasteiger partial charge in [-0.3, -0.25) is 0 Å². The van der Waals surface area contributed by atoms with Gasteiger partial charge < -0.3 is 11.1 Å². The normalized spacial score (nSPS) is 33.8. The van der Waals surface area contributed by atoms with Crippen molar-refractivity contribution >= 4 is 0 Å². The molecule has 0 amide bonds. The zero-order chi connectivity index (χ0) is 9.26. The summed E-state index contributed by atoms with van der Waals surface area (Å²) in [5.41, 5.74) is 6.07. The monoisotopic (exact) mass is 181 g/mol. The van der Waals surface area contributed by atoms with E-state index >= 15 is 0 Å². The van der Waals surface area contributed by atoms with Crippen LogP contribution < -0.4 is 11.1 Å². The summed E-state index contributed by atoms with van der Waals surface area (Å²) in [5, 5.41) is 11.1. The predicted molar refractivity (Wildman–Crippen MR) is 49.1 cm³/mol. The van der Waals surface area contributed by atoms with Gasteiger partial charge in [0.1, 0.15) is 0 Å². The highest BCUT2D eigenvalue weighted by Gasteiger charge is 2.33. The molecule has 13 heavy (non-hydrogen) atoms. The molecule has 1 aliphatic heterocycles. The first kappa shape index (κ1) is 8.65. The van der Waals surface area contributed by atoms with Gasteiger partial charge in [0.2, 0.25) is 0 Å². The van der Waals surface area contributed by atoms with Crippen molar-refractivity contribution in [2.45, 2.75) is 31.5 Å². The Morgan fingerprint density at radius 2 is 2.54 bits per heavy atom. The summed E-state index contributed by atoms with van der Waals surface area (Å²) in [4.78, 5) is 0. The summed E-state index contributed by atoms with van der Waals surface area (Å²) >= 11 is 0. The van der Waals surface area contributed by atoms with Crippen molar-refractivity contribution in [1.29, 1.82) is 0 Å². The zero-order valence-electron chi connectivity index (χ0n) is 7.72. The van der Waals surface area contributed by atoms with Crippen molar-refractivity contribution in [2.75, 3.05) is 6.54 Å². The Morgan fingerprint density at radius 3 is 3.08 bits per heavy atom. The van der Waals surface area contributed by atoms with Crippen LogP contribution in [0.15, 0.2) is 12.4 Å². The Hall–Kier alpha value is -0.940. The Morgan fingerprint density at radius 1 is 1.69 bits per heavy atom. The smallest absolute Gasteiger partial charge is 0.0827 e. The molecule has 3 unspecified atom stereocenters. The molecular weight excluding hydrogens is 166 g/mol. The fraction of sp³-hybridized carbons (Fsp3) is 0.750. The van der Waals surface area contributed by atoms with E-state index in [4.69, 9.17) is 5.73 Å². The lowest BCUT2D eigenvalue weighted by molar-refractivity contribution is 0.407. The second kappa shape index (κ2) is 3.43. The summed E-state index contributed by atoms with van der Waals surface area (Å²) < 4.78 is 1.84. The minimum Gasteiger partial charge on any atom is -0.325 e. The van der Waals surface area contributed by atoms with E-state index in [1.807, 2.05) is 10.9 Å². The number of hydrogen-bond acceptors (Lipinski definition) is 4. The van der Waals surface area contributed by atoms with Gasteiger partial charge in [-0.1, -0.05) is 12.1 Å². The Balaban J connectivity index is 2.11. The molecule has 5 heteroatoms. The molecule has 1 aliphatic rings. The third-order valence-electron chi connectivity index (χ3n) is 2.72. The first-order valence-electron chi connectivity index (χ1n) is 4.67. The number of nitrogens with two attached hydrogens (primary N) is 1. The fourth-order valence-corrected chi connectivity index (χ4v) is 1.89. The van der Waals surface area contributed by atoms with Gasteiger partial charge in [-0.2, -0.15) is 0 Å². The maximum Gasteiger partial charge on any atom is 0.0827 e. The molecule has 3 atom stereocenters. The van der Waals surface area contributed by atoms with Crippen LogP contribution in [0.5, 0.6) is 0 Å². The van der Waals surface area contributed by atoms with Gasteiger partial charge in [-0.25, -0.2) is 4.68 Å². The van der Waals surface area contributed by atoms with Crippen LogP contribution in [-0.4, -0.2) is 33.6 Å². The lowest BCUT2D eigenvalue weighted by Gasteiger charge is -2.17. The van der Waals surface area contributed by atoms with Crippen LogP contribution in [0, 0.1) is 0 Å². The van der Waals surface area contributed by atoms with E-state index in [0.29, 0.717) is 6.04 Å². The fourth-order valence-electron chi connectivity index (χ4n) is 1.89. The van der Waals surface area contributed by atoms with Crippen LogP contribution >= 0.6 is 0 Å². The SMILES string of the molecule is CCC1NCC(n2ccnn2)C1N. The van der Waals surface area contributed by atoms with Crippen LogP contribution in [0.3, 0.4) is 0 Å². The molecule has 3 N–H and O–H groups in total. The van der Waals surface area contributed by atoms with Gasteiger partial charge in [0.05, 0.1) is 12.2 Å². The number of hydrogen-bond donors (Lipinski definition) is 2. The average molecular weight is 181 g/mol. The molecule has 1 saturated heterocycles. The van der Waals surface area contributed by atoms with E-state index in [1.54, 1.807) is 6.20 Å².